The number of benzene rings is 3. The topological polar surface area (TPSA) is 66.5 Å². The van der Waals surface area contributed by atoms with Crippen LogP contribution in [0, 0.1) is 0 Å². The molecule has 0 spiro atoms. The largest absolute Gasteiger partial charge is 0.346 e. The highest BCUT2D eigenvalue weighted by molar-refractivity contribution is 7.92. The summed E-state index contributed by atoms with van der Waals surface area (Å²) in [7, 11) is -3.62. The minimum atomic E-state index is -3.62. The van der Waals surface area contributed by atoms with Crippen LogP contribution in [-0.4, -0.2) is 20.9 Å². The maximum atomic E-state index is 13.0. The molecule has 30 heavy (non-hydrogen) atoms. The van der Waals surface area contributed by atoms with E-state index in [1.54, 1.807) is 60.7 Å². The zero-order valence-corrected chi connectivity index (χ0v) is 18.0. The van der Waals surface area contributed by atoms with Crippen molar-refractivity contribution in [2.24, 2.45) is 0 Å². The molecule has 4 rings (SSSR count). The molecule has 1 atom stereocenters. The number of hydrogen-bond donors (Lipinski definition) is 1. The molecule has 0 saturated heterocycles. The molecule has 1 aliphatic rings. The number of fused-ring (bicyclic) bond motifs is 1. The van der Waals surface area contributed by atoms with Gasteiger partial charge in [-0.3, -0.25) is 9.10 Å². The summed E-state index contributed by atoms with van der Waals surface area (Å²) in [6.45, 7) is 2.27. The SMILES string of the molecule is C[C@H](NC(=O)c1ccc2c(c1)CCN2S(=O)(=O)c1ccccc1)c1ccc(Cl)cc1. The molecular formula is C23H21ClN2O3S. The predicted molar refractivity (Wildman–Crippen MR) is 118 cm³/mol. The number of carbonyl (C=O) groups is 1. The third kappa shape index (κ3) is 3.93. The molecule has 0 bridgehead atoms. The summed E-state index contributed by atoms with van der Waals surface area (Å²) in [5.74, 6) is -0.204. The predicted octanol–water partition coefficient (Wildman–Crippen LogP) is 4.58. The molecule has 1 heterocycles. The number of sulfonamides is 1. The van der Waals surface area contributed by atoms with Gasteiger partial charge in [-0.25, -0.2) is 8.42 Å². The van der Waals surface area contributed by atoms with Crippen LogP contribution >= 0.6 is 11.6 Å². The number of rotatable bonds is 5. The molecule has 0 aliphatic carbocycles. The van der Waals surface area contributed by atoms with Crippen molar-refractivity contribution in [2.75, 3.05) is 10.8 Å². The maximum absolute atomic E-state index is 13.0. The van der Waals surface area contributed by atoms with E-state index in [0.717, 1.165) is 11.1 Å². The van der Waals surface area contributed by atoms with Gasteiger partial charge in [0.1, 0.15) is 0 Å². The van der Waals surface area contributed by atoms with Crippen molar-refractivity contribution < 1.29 is 13.2 Å². The number of hydrogen-bond acceptors (Lipinski definition) is 3. The van der Waals surface area contributed by atoms with Crippen LogP contribution in [-0.2, 0) is 16.4 Å². The highest BCUT2D eigenvalue weighted by atomic mass is 35.5. The molecule has 154 valence electrons. The van der Waals surface area contributed by atoms with Gasteiger partial charge in [-0.2, -0.15) is 0 Å². The van der Waals surface area contributed by atoms with E-state index in [2.05, 4.69) is 5.32 Å². The molecule has 3 aromatic carbocycles. The van der Waals surface area contributed by atoms with Gasteiger partial charge < -0.3 is 5.32 Å². The van der Waals surface area contributed by atoms with E-state index < -0.39 is 10.0 Å². The molecular weight excluding hydrogens is 420 g/mol. The Bertz CT molecular complexity index is 1180. The third-order valence-electron chi connectivity index (χ3n) is 5.24. The standard InChI is InChI=1S/C23H21ClN2O3S/c1-16(17-7-10-20(24)11-8-17)25-23(27)19-9-12-22-18(15-19)13-14-26(22)30(28,29)21-5-3-2-4-6-21/h2-12,15-16H,13-14H2,1H3,(H,25,27)/t16-/m0/s1. The summed E-state index contributed by atoms with van der Waals surface area (Å²) < 4.78 is 27.4. The van der Waals surface area contributed by atoms with E-state index in [4.69, 9.17) is 11.6 Å². The minimum absolute atomic E-state index is 0.182. The Kier molecular flexibility index (Phi) is 5.54. The van der Waals surface area contributed by atoms with E-state index in [0.29, 0.717) is 29.2 Å². The van der Waals surface area contributed by atoms with Gasteiger partial charge in [-0.1, -0.05) is 41.9 Å². The van der Waals surface area contributed by atoms with Crippen LogP contribution < -0.4 is 9.62 Å². The van der Waals surface area contributed by atoms with Gasteiger partial charge in [-0.05, 0) is 66.9 Å². The Morgan fingerprint density at radius 3 is 2.43 bits per heavy atom. The summed E-state index contributed by atoms with van der Waals surface area (Å²) >= 11 is 5.92. The molecule has 0 fully saturated rings. The van der Waals surface area contributed by atoms with Gasteiger partial charge in [0.05, 0.1) is 16.6 Å². The van der Waals surface area contributed by atoms with Gasteiger partial charge in [0, 0.05) is 17.1 Å². The molecule has 0 radical (unpaired) electrons. The highest BCUT2D eigenvalue weighted by Gasteiger charge is 2.31. The lowest BCUT2D eigenvalue weighted by Gasteiger charge is -2.20. The Morgan fingerprint density at radius 2 is 1.73 bits per heavy atom. The van der Waals surface area contributed by atoms with Gasteiger partial charge in [-0.15, -0.1) is 0 Å². The van der Waals surface area contributed by atoms with Crippen molar-refractivity contribution in [2.45, 2.75) is 24.3 Å². The Hall–Kier alpha value is -2.83. The fourth-order valence-corrected chi connectivity index (χ4v) is 5.25. The summed E-state index contributed by atoms with van der Waals surface area (Å²) in [5, 5.41) is 3.62. The summed E-state index contributed by atoms with van der Waals surface area (Å²) in [6.07, 6.45) is 0.565. The first kappa shape index (κ1) is 20.4. The zero-order chi connectivity index (χ0) is 21.3. The fourth-order valence-electron chi connectivity index (χ4n) is 3.60. The number of carbonyl (C=O) groups excluding carboxylic acids is 1. The quantitative estimate of drug-likeness (QED) is 0.631. The van der Waals surface area contributed by atoms with E-state index in [1.807, 2.05) is 19.1 Å². The first-order valence-electron chi connectivity index (χ1n) is 9.63. The van der Waals surface area contributed by atoms with Crippen molar-refractivity contribution in [1.82, 2.24) is 5.32 Å². The van der Waals surface area contributed by atoms with Crippen molar-refractivity contribution >= 4 is 33.2 Å². The molecule has 1 amide bonds. The fraction of sp³-hybridized carbons (Fsp3) is 0.174. The lowest BCUT2D eigenvalue weighted by Crippen LogP contribution is -2.29. The second-order valence-corrected chi connectivity index (χ2v) is 9.53. The molecule has 3 aromatic rings. The molecule has 1 N–H and O–H groups in total. The zero-order valence-electron chi connectivity index (χ0n) is 16.4. The van der Waals surface area contributed by atoms with Gasteiger partial charge in [0.25, 0.3) is 15.9 Å². The Labute approximate surface area is 181 Å². The summed E-state index contributed by atoms with van der Waals surface area (Å²) in [4.78, 5) is 13.0. The van der Waals surface area contributed by atoms with E-state index in [9.17, 15) is 13.2 Å². The second-order valence-electron chi connectivity index (χ2n) is 7.23. The monoisotopic (exact) mass is 440 g/mol. The first-order valence-corrected chi connectivity index (χ1v) is 11.4. The first-order chi connectivity index (χ1) is 14.4. The molecule has 0 aromatic heterocycles. The normalized spacial score (nSPS) is 14.3. The molecule has 0 unspecified atom stereocenters. The minimum Gasteiger partial charge on any atom is -0.346 e. The molecule has 0 saturated carbocycles. The number of halogens is 1. The van der Waals surface area contributed by atoms with Gasteiger partial charge in [0.2, 0.25) is 0 Å². The lowest BCUT2D eigenvalue weighted by atomic mass is 10.1. The van der Waals surface area contributed by atoms with Crippen LogP contribution in [0.4, 0.5) is 5.69 Å². The smallest absolute Gasteiger partial charge is 0.264 e. The maximum Gasteiger partial charge on any atom is 0.264 e. The summed E-state index contributed by atoms with van der Waals surface area (Å²) in [5.41, 5.74) is 2.94. The highest BCUT2D eigenvalue weighted by Crippen LogP contribution is 2.33. The molecule has 7 heteroatoms. The van der Waals surface area contributed by atoms with Crippen LogP contribution in [0.25, 0.3) is 0 Å². The van der Waals surface area contributed by atoms with Crippen molar-refractivity contribution in [3.8, 4) is 0 Å². The van der Waals surface area contributed by atoms with E-state index in [-0.39, 0.29) is 16.8 Å². The van der Waals surface area contributed by atoms with E-state index >= 15 is 0 Å². The lowest BCUT2D eigenvalue weighted by molar-refractivity contribution is 0.0940. The third-order valence-corrected chi connectivity index (χ3v) is 7.32. The van der Waals surface area contributed by atoms with Crippen LogP contribution in [0.15, 0.2) is 77.7 Å². The van der Waals surface area contributed by atoms with Crippen molar-refractivity contribution in [3.63, 3.8) is 0 Å². The van der Waals surface area contributed by atoms with Crippen LogP contribution in [0.5, 0.6) is 0 Å². The van der Waals surface area contributed by atoms with Crippen molar-refractivity contribution in [1.29, 1.82) is 0 Å². The Morgan fingerprint density at radius 1 is 1.03 bits per heavy atom. The summed E-state index contributed by atoms with van der Waals surface area (Å²) in [6, 6.07) is 20.7. The molecule has 5 nitrogen and oxygen atoms in total. The Balaban J connectivity index is 1.53. The number of anilines is 1. The number of nitrogens with one attached hydrogen (secondary N) is 1. The number of amides is 1. The van der Waals surface area contributed by atoms with Gasteiger partial charge in [0.15, 0.2) is 0 Å². The van der Waals surface area contributed by atoms with Crippen LogP contribution in [0.1, 0.15) is 34.5 Å². The average Bonchev–Trinajstić information content (AvgIpc) is 3.19. The number of nitrogens with zero attached hydrogens (tertiary/aromatic N) is 1. The average molecular weight is 441 g/mol. The van der Waals surface area contributed by atoms with Crippen LogP contribution in [0.2, 0.25) is 5.02 Å². The molecule has 1 aliphatic heterocycles. The van der Waals surface area contributed by atoms with E-state index in [1.165, 1.54) is 4.31 Å². The second kappa shape index (κ2) is 8.13. The van der Waals surface area contributed by atoms with Gasteiger partial charge >= 0.3 is 0 Å². The van der Waals surface area contributed by atoms with Crippen LogP contribution in [0.3, 0.4) is 0 Å². The van der Waals surface area contributed by atoms with Crippen molar-refractivity contribution in [3.05, 3.63) is 94.5 Å².